The minimum atomic E-state index is -0.203. The summed E-state index contributed by atoms with van der Waals surface area (Å²) in [6, 6.07) is 18.4. The van der Waals surface area contributed by atoms with Gasteiger partial charge in [-0.25, -0.2) is 0 Å². The predicted octanol–water partition coefficient (Wildman–Crippen LogP) is 6.93. The molecule has 1 atom stereocenters. The van der Waals surface area contributed by atoms with Crippen LogP contribution in [-0.2, 0) is 4.84 Å². The van der Waals surface area contributed by atoms with Crippen molar-refractivity contribution in [3.05, 3.63) is 65.2 Å². The van der Waals surface area contributed by atoms with Crippen LogP contribution in [0.5, 0.6) is 0 Å². The van der Waals surface area contributed by atoms with E-state index in [-0.39, 0.29) is 22.5 Å². The van der Waals surface area contributed by atoms with Crippen LogP contribution in [0.25, 0.3) is 0 Å². The van der Waals surface area contributed by atoms with Crippen molar-refractivity contribution >= 4 is 23.0 Å². The Morgan fingerprint density at radius 2 is 1.50 bits per heavy atom. The summed E-state index contributed by atoms with van der Waals surface area (Å²) in [7, 11) is 0. The first-order valence-electron chi connectivity index (χ1n) is 11.6. The van der Waals surface area contributed by atoms with Crippen LogP contribution in [0.1, 0.15) is 66.4 Å². The first-order valence-corrected chi connectivity index (χ1v) is 12.0. The molecule has 172 valence electrons. The van der Waals surface area contributed by atoms with Crippen LogP contribution in [0.15, 0.2) is 59.7 Å². The van der Waals surface area contributed by atoms with Crippen LogP contribution in [0, 0.1) is 5.41 Å². The number of hydroxylamine groups is 2. The lowest BCUT2D eigenvalue weighted by Crippen LogP contribution is -2.59. The van der Waals surface area contributed by atoms with Crippen molar-refractivity contribution in [3.63, 3.8) is 0 Å². The molecule has 0 aromatic heterocycles. The molecule has 0 aliphatic carbocycles. The molecule has 0 saturated carbocycles. The fourth-order valence-corrected chi connectivity index (χ4v) is 5.50. The Balaban J connectivity index is 1.67. The van der Waals surface area contributed by atoms with E-state index in [2.05, 4.69) is 75.9 Å². The Bertz CT molecular complexity index is 950. The van der Waals surface area contributed by atoms with Gasteiger partial charge in [0.15, 0.2) is 0 Å². The zero-order chi connectivity index (χ0) is 23.1. The number of hydrogen-bond acceptors (Lipinski definition) is 4. The predicted molar refractivity (Wildman–Crippen MR) is 134 cm³/mol. The third-order valence-corrected chi connectivity index (χ3v) is 7.37. The normalized spacial score (nSPS) is 24.4. The number of hydrazone groups is 1. The standard InChI is InChI=1S/C27H36ClN3O/c1-25(2)17-10-18-26(3,4)31(25)32-19-23-27(5,6)24(20-11-8-7-9-12-20)29-30(23)22-15-13-21(28)14-16-22/h7-9,11-16,23H,10,17-19H2,1-6H3. The molecule has 2 aliphatic heterocycles. The van der Waals surface area contributed by atoms with E-state index in [0.717, 1.165) is 34.8 Å². The summed E-state index contributed by atoms with van der Waals surface area (Å²) >= 11 is 6.18. The highest BCUT2D eigenvalue weighted by atomic mass is 35.5. The van der Waals surface area contributed by atoms with E-state index >= 15 is 0 Å². The summed E-state index contributed by atoms with van der Waals surface area (Å²) in [5.74, 6) is 0. The smallest absolute Gasteiger partial charge is 0.0919 e. The molecule has 4 rings (SSSR count). The van der Waals surface area contributed by atoms with Gasteiger partial charge in [-0.15, -0.1) is 0 Å². The van der Waals surface area contributed by atoms with Gasteiger partial charge in [-0.2, -0.15) is 10.2 Å². The van der Waals surface area contributed by atoms with Gasteiger partial charge >= 0.3 is 0 Å². The lowest BCUT2D eigenvalue weighted by molar-refractivity contribution is -0.284. The second-order valence-electron chi connectivity index (χ2n) is 10.9. The molecular formula is C27H36ClN3O. The Morgan fingerprint density at radius 3 is 2.09 bits per heavy atom. The molecule has 2 aliphatic rings. The molecule has 0 radical (unpaired) electrons. The lowest BCUT2D eigenvalue weighted by atomic mass is 9.78. The molecule has 0 N–H and O–H groups in total. The molecule has 2 aromatic rings. The fourth-order valence-electron chi connectivity index (χ4n) is 5.38. The number of anilines is 1. The number of halogens is 1. The van der Waals surface area contributed by atoms with Crippen LogP contribution >= 0.6 is 11.6 Å². The second-order valence-corrected chi connectivity index (χ2v) is 11.4. The molecule has 32 heavy (non-hydrogen) atoms. The number of hydrogen-bond donors (Lipinski definition) is 0. The molecule has 1 saturated heterocycles. The maximum Gasteiger partial charge on any atom is 0.0919 e. The molecule has 1 fully saturated rings. The van der Waals surface area contributed by atoms with Crippen molar-refractivity contribution in [1.29, 1.82) is 0 Å². The summed E-state index contributed by atoms with van der Waals surface area (Å²) in [5, 5.41) is 10.2. The summed E-state index contributed by atoms with van der Waals surface area (Å²) in [4.78, 5) is 6.68. The van der Waals surface area contributed by atoms with Crippen LogP contribution in [0.3, 0.4) is 0 Å². The summed E-state index contributed by atoms with van der Waals surface area (Å²) in [6.07, 6.45) is 3.50. The Hall–Kier alpha value is -1.88. The average molecular weight is 454 g/mol. The molecule has 4 nitrogen and oxygen atoms in total. The molecule has 1 unspecified atom stereocenters. The summed E-state index contributed by atoms with van der Waals surface area (Å²) < 4.78 is 0. The van der Waals surface area contributed by atoms with Crippen molar-refractivity contribution in [2.75, 3.05) is 11.6 Å². The van der Waals surface area contributed by atoms with Gasteiger partial charge < -0.3 is 0 Å². The number of piperidine rings is 1. The van der Waals surface area contributed by atoms with Crippen LogP contribution in [0.4, 0.5) is 5.69 Å². The Labute approximate surface area is 198 Å². The van der Waals surface area contributed by atoms with Crippen molar-refractivity contribution in [2.24, 2.45) is 10.5 Å². The highest BCUT2D eigenvalue weighted by Crippen LogP contribution is 2.42. The number of benzene rings is 2. The van der Waals surface area contributed by atoms with E-state index in [4.69, 9.17) is 21.5 Å². The molecule has 0 amide bonds. The minimum Gasteiger partial charge on any atom is -0.296 e. The van der Waals surface area contributed by atoms with Crippen molar-refractivity contribution < 1.29 is 4.84 Å². The highest BCUT2D eigenvalue weighted by molar-refractivity contribution is 6.30. The molecule has 5 heteroatoms. The third-order valence-electron chi connectivity index (χ3n) is 7.12. The van der Waals surface area contributed by atoms with E-state index in [9.17, 15) is 0 Å². The van der Waals surface area contributed by atoms with E-state index in [1.165, 1.54) is 6.42 Å². The topological polar surface area (TPSA) is 28.1 Å². The molecule has 0 bridgehead atoms. The van der Waals surface area contributed by atoms with Gasteiger partial charge in [0.05, 0.1) is 24.0 Å². The van der Waals surface area contributed by atoms with Crippen LogP contribution in [-0.4, -0.2) is 34.5 Å². The van der Waals surface area contributed by atoms with Gasteiger partial charge in [0, 0.05) is 21.5 Å². The Morgan fingerprint density at radius 1 is 0.906 bits per heavy atom. The van der Waals surface area contributed by atoms with Gasteiger partial charge in [0.1, 0.15) is 0 Å². The first-order chi connectivity index (χ1) is 15.0. The quantitative estimate of drug-likeness (QED) is 0.491. The van der Waals surface area contributed by atoms with Gasteiger partial charge in [0.25, 0.3) is 0 Å². The minimum absolute atomic E-state index is 0.00127. The lowest BCUT2D eigenvalue weighted by Gasteiger charge is -2.52. The number of nitrogens with zero attached hydrogens (tertiary/aromatic N) is 3. The van der Waals surface area contributed by atoms with Crippen LogP contribution in [0.2, 0.25) is 5.02 Å². The van der Waals surface area contributed by atoms with Gasteiger partial charge in [-0.3, -0.25) is 9.85 Å². The van der Waals surface area contributed by atoms with Crippen molar-refractivity contribution in [2.45, 2.75) is 77.9 Å². The van der Waals surface area contributed by atoms with Crippen LogP contribution < -0.4 is 5.01 Å². The maximum atomic E-state index is 6.68. The van der Waals surface area contributed by atoms with Crippen molar-refractivity contribution in [1.82, 2.24) is 5.06 Å². The van der Waals surface area contributed by atoms with Gasteiger partial charge in [0.2, 0.25) is 0 Å². The summed E-state index contributed by atoms with van der Waals surface area (Å²) in [5.41, 5.74) is 3.05. The van der Waals surface area contributed by atoms with E-state index in [0.29, 0.717) is 6.61 Å². The van der Waals surface area contributed by atoms with E-state index < -0.39 is 0 Å². The molecule has 2 heterocycles. The monoisotopic (exact) mass is 453 g/mol. The van der Waals surface area contributed by atoms with E-state index in [1.54, 1.807) is 0 Å². The zero-order valence-electron chi connectivity index (χ0n) is 20.2. The zero-order valence-corrected chi connectivity index (χ0v) is 21.0. The Kier molecular flexibility index (Phi) is 6.17. The average Bonchev–Trinajstić information content (AvgIpc) is 2.98. The highest BCUT2D eigenvalue weighted by Gasteiger charge is 2.48. The maximum absolute atomic E-state index is 6.68. The molecule has 2 aromatic carbocycles. The fraction of sp³-hybridized carbons (Fsp3) is 0.519. The van der Waals surface area contributed by atoms with Crippen molar-refractivity contribution in [3.8, 4) is 0 Å². The third kappa shape index (κ3) is 4.33. The van der Waals surface area contributed by atoms with Gasteiger partial charge in [-0.1, -0.05) is 55.8 Å². The first kappa shape index (κ1) is 23.3. The summed E-state index contributed by atoms with van der Waals surface area (Å²) in [6.45, 7) is 14.3. The molecule has 0 spiro atoms. The van der Waals surface area contributed by atoms with Gasteiger partial charge in [-0.05, 0) is 76.8 Å². The second kappa shape index (κ2) is 8.48. The SMILES string of the molecule is CC1(C)C(c2ccccc2)=NN(c2ccc(Cl)cc2)C1CON1C(C)(C)CCCC1(C)C. The molecular weight excluding hydrogens is 418 g/mol. The van der Waals surface area contributed by atoms with E-state index in [1.807, 2.05) is 30.3 Å². The largest absolute Gasteiger partial charge is 0.296 e. The number of rotatable bonds is 5.